The van der Waals surface area contributed by atoms with E-state index in [1.54, 1.807) is 12.1 Å². The SMILES string of the molecule is O=C1NCCCCC1Sc1ccc(Oc2ccc(OC(F)(F)F)cc2)cc1. The molecule has 1 atom stereocenters. The number of thioether (sulfide) groups is 1. The Kier molecular flexibility index (Phi) is 6.15. The summed E-state index contributed by atoms with van der Waals surface area (Å²) >= 11 is 1.52. The monoisotopic (exact) mass is 397 g/mol. The van der Waals surface area contributed by atoms with Crippen LogP contribution in [0.25, 0.3) is 0 Å². The van der Waals surface area contributed by atoms with Crippen LogP contribution in [0.4, 0.5) is 13.2 Å². The summed E-state index contributed by atoms with van der Waals surface area (Å²) in [5, 5.41) is 2.82. The van der Waals surface area contributed by atoms with E-state index in [2.05, 4.69) is 10.1 Å². The minimum atomic E-state index is -4.72. The van der Waals surface area contributed by atoms with Gasteiger partial charge in [0.15, 0.2) is 0 Å². The van der Waals surface area contributed by atoms with Gasteiger partial charge >= 0.3 is 6.36 Å². The molecule has 27 heavy (non-hydrogen) atoms. The average Bonchev–Trinajstić information content (AvgIpc) is 2.82. The van der Waals surface area contributed by atoms with Crippen molar-refractivity contribution in [1.29, 1.82) is 0 Å². The quantitative estimate of drug-likeness (QED) is 0.759. The zero-order valence-electron chi connectivity index (χ0n) is 14.3. The molecule has 1 aliphatic rings. The van der Waals surface area contributed by atoms with Crippen molar-refractivity contribution >= 4 is 17.7 Å². The van der Waals surface area contributed by atoms with Crippen LogP contribution in [0.1, 0.15) is 19.3 Å². The van der Waals surface area contributed by atoms with Crippen LogP contribution in [0.5, 0.6) is 17.2 Å². The second-order valence-electron chi connectivity index (χ2n) is 5.99. The van der Waals surface area contributed by atoms with Crippen LogP contribution in [-0.2, 0) is 4.79 Å². The van der Waals surface area contributed by atoms with E-state index in [4.69, 9.17) is 4.74 Å². The maximum atomic E-state index is 12.2. The number of carbonyl (C=O) groups excluding carboxylic acids is 1. The fraction of sp³-hybridized carbons (Fsp3) is 0.316. The molecule has 0 saturated carbocycles. The lowest BCUT2D eigenvalue weighted by atomic mass is 10.2. The molecule has 0 radical (unpaired) electrons. The Labute approximate surface area is 159 Å². The average molecular weight is 397 g/mol. The molecule has 0 spiro atoms. The summed E-state index contributed by atoms with van der Waals surface area (Å²) in [6, 6.07) is 12.4. The van der Waals surface area contributed by atoms with Crippen LogP contribution in [0, 0.1) is 0 Å². The number of hydrogen-bond acceptors (Lipinski definition) is 4. The number of halogens is 3. The van der Waals surface area contributed by atoms with Gasteiger partial charge in [-0.25, -0.2) is 0 Å². The van der Waals surface area contributed by atoms with Crippen molar-refractivity contribution in [2.24, 2.45) is 0 Å². The predicted molar refractivity (Wildman–Crippen MR) is 96.1 cm³/mol. The van der Waals surface area contributed by atoms with Crippen LogP contribution in [0.15, 0.2) is 53.4 Å². The zero-order valence-corrected chi connectivity index (χ0v) is 15.1. The fourth-order valence-electron chi connectivity index (χ4n) is 2.62. The number of nitrogens with one attached hydrogen (secondary N) is 1. The summed E-state index contributed by atoms with van der Waals surface area (Å²) in [7, 11) is 0. The first-order valence-electron chi connectivity index (χ1n) is 8.47. The van der Waals surface area contributed by atoms with Gasteiger partial charge in [0.05, 0.1) is 5.25 Å². The van der Waals surface area contributed by atoms with Crippen molar-refractivity contribution in [1.82, 2.24) is 5.32 Å². The lowest BCUT2D eigenvalue weighted by Crippen LogP contribution is -2.30. The van der Waals surface area contributed by atoms with E-state index in [0.717, 1.165) is 30.7 Å². The second-order valence-corrected chi connectivity index (χ2v) is 7.26. The first-order chi connectivity index (χ1) is 12.9. The minimum Gasteiger partial charge on any atom is -0.457 e. The van der Waals surface area contributed by atoms with E-state index >= 15 is 0 Å². The summed E-state index contributed by atoms with van der Waals surface area (Å²) in [6.45, 7) is 0.732. The summed E-state index contributed by atoms with van der Waals surface area (Å²) in [4.78, 5) is 13.0. The molecule has 2 aromatic carbocycles. The van der Waals surface area contributed by atoms with Gasteiger partial charge < -0.3 is 14.8 Å². The smallest absolute Gasteiger partial charge is 0.457 e. The van der Waals surface area contributed by atoms with Gasteiger partial charge in [-0.3, -0.25) is 4.79 Å². The minimum absolute atomic E-state index is 0.0685. The van der Waals surface area contributed by atoms with E-state index in [1.807, 2.05) is 12.1 Å². The number of amides is 1. The van der Waals surface area contributed by atoms with Gasteiger partial charge in [-0.2, -0.15) is 0 Å². The molecule has 1 unspecified atom stereocenters. The van der Waals surface area contributed by atoms with Crippen LogP contribution in [0.2, 0.25) is 0 Å². The first-order valence-corrected chi connectivity index (χ1v) is 9.35. The Morgan fingerprint density at radius 1 is 0.926 bits per heavy atom. The van der Waals surface area contributed by atoms with Gasteiger partial charge in [-0.15, -0.1) is 24.9 Å². The molecule has 0 aromatic heterocycles. The van der Waals surface area contributed by atoms with Gasteiger partial charge in [-0.05, 0) is 61.4 Å². The molecule has 4 nitrogen and oxygen atoms in total. The second kappa shape index (κ2) is 8.56. The summed E-state index contributed by atoms with van der Waals surface area (Å²) in [5.74, 6) is 0.712. The fourth-order valence-corrected chi connectivity index (χ4v) is 3.72. The van der Waals surface area contributed by atoms with Crippen LogP contribution < -0.4 is 14.8 Å². The molecule has 1 aliphatic heterocycles. The highest BCUT2D eigenvalue weighted by Gasteiger charge is 2.31. The Bertz CT molecular complexity index is 763. The third-order valence-electron chi connectivity index (χ3n) is 3.88. The van der Waals surface area contributed by atoms with Gasteiger partial charge in [-0.1, -0.05) is 6.42 Å². The molecule has 1 amide bonds. The van der Waals surface area contributed by atoms with Crippen molar-refractivity contribution in [3.05, 3.63) is 48.5 Å². The number of alkyl halides is 3. The molecule has 0 bridgehead atoms. The topological polar surface area (TPSA) is 47.6 Å². The van der Waals surface area contributed by atoms with Crippen molar-refractivity contribution in [2.45, 2.75) is 35.8 Å². The molecule has 1 heterocycles. The molecule has 2 aromatic rings. The summed E-state index contributed by atoms with van der Waals surface area (Å²) in [6.07, 6.45) is -1.85. The van der Waals surface area contributed by atoms with E-state index in [1.165, 1.54) is 36.0 Å². The Morgan fingerprint density at radius 2 is 1.52 bits per heavy atom. The molecule has 1 N–H and O–H groups in total. The number of benzene rings is 2. The first kappa shape index (κ1) is 19.4. The number of carbonyl (C=O) groups is 1. The Hall–Kier alpha value is -2.35. The molecular formula is C19H18F3NO3S. The van der Waals surface area contributed by atoms with Crippen molar-refractivity contribution in [3.63, 3.8) is 0 Å². The van der Waals surface area contributed by atoms with E-state index < -0.39 is 6.36 Å². The molecule has 0 aliphatic carbocycles. The Balaban J connectivity index is 1.58. The normalized spacial score (nSPS) is 17.7. The van der Waals surface area contributed by atoms with Crippen LogP contribution in [-0.4, -0.2) is 24.1 Å². The highest BCUT2D eigenvalue weighted by atomic mass is 32.2. The van der Waals surface area contributed by atoms with E-state index in [0.29, 0.717) is 11.5 Å². The number of rotatable bonds is 5. The van der Waals surface area contributed by atoms with Gasteiger partial charge in [0, 0.05) is 11.4 Å². The molecule has 1 saturated heterocycles. The van der Waals surface area contributed by atoms with Crippen LogP contribution >= 0.6 is 11.8 Å². The highest BCUT2D eigenvalue weighted by Crippen LogP contribution is 2.31. The third-order valence-corrected chi connectivity index (χ3v) is 5.16. The van der Waals surface area contributed by atoms with Gasteiger partial charge in [0.25, 0.3) is 0 Å². The largest absolute Gasteiger partial charge is 0.573 e. The highest BCUT2D eigenvalue weighted by molar-refractivity contribution is 8.00. The molecule has 144 valence electrons. The van der Waals surface area contributed by atoms with Gasteiger partial charge in [0.2, 0.25) is 5.91 Å². The maximum Gasteiger partial charge on any atom is 0.573 e. The van der Waals surface area contributed by atoms with Crippen molar-refractivity contribution < 1.29 is 27.4 Å². The predicted octanol–water partition coefficient (Wildman–Crippen LogP) is 5.14. The summed E-state index contributed by atoms with van der Waals surface area (Å²) < 4.78 is 45.9. The number of hydrogen-bond donors (Lipinski definition) is 1. The van der Waals surface area contributed by atoms with E-state index in [-0.39, 0.29) is 16.9 Å². The van der Waals surface area contributed by atoms with Crippen LogP contribution in [0.3, 0.4) is 0 Å². The zero-order chi connectivity index (χ0) is 19.3. The third kappa shape index (κ3) is 6.09. The number of ether oxygens (including phenoxy) is 2. The molecule has 3 rings (SSSR count). The molecule has 1 fully saturated rings. The Morgan fingerprint density at radius 3 is 2.15 bits per heavy atom. The molecular weight excluding hydrogens is 379 g/mol. The van der Waals surface area contributed by atoms with E-state index in [9.17, 15) is 18.0 Å². The lowest BCUT2D eigenvalue weighted by molar-refractivity contribution is -0.274. The molecule has 8 heteroatoms. The lowest BCUT2D eigenvalue weighted by Gasteiger charge is -2.13. The van der Waals surface area contributed by atoms with Gasteiger partial charge in [0.1, 0.15) is 17.2 Å². The standard InChI is InChI=1S/C19H18F3NO3S/c20-19(21,22)26-15-6-4-13(5-7-15)25-14-8-10-16(11-9-14)27-17-3-1-2-12-23-18(17)24/h4-11,17H,1-3,12H2,(H,23,24). The maximum absolute atomic E-state index is 12.2. The van der Waals surface area contributed by atoms with Crippen molar-refractivity contribution in [2.75, 3.05) is 6.54 Å². The summed E-state index contributed by atoms with van der Waals surface area (Å²) in [5.41, 5.74) is 0. The van der Waals surface area contributed by atoms with Crippen molar-refractivity contribution in [3.8, 4) is 17.2 Å².